The van der Waals surface area contributed by atoms with E-state index in [1.165, 1.54) is 5.56 Å². The quantitative estimate of drug-likeness (QED) is 0.839. The normalized spacial score (nSPS) is 26.2. The highest BCUT2D eigenvalue weighted by Gasteiger charge is 2.43. The lowest BCUT2D eigenvalue weighted by Crippen LogP contribution is -2.26. The molecule has 0 bridgehead atoms. The lowest BCUT2D eigenvalue weighted by atomic mass is 9.94. The molecule has 2 aromatic rings. The molecule has 2 fully saturated rings. The zero-order valence-electron chi connectivity index (χ0n) is 13.4. The molecule has 124 valence electrons. The van der Waals surface area contributed by atoms with E-state index in [9.17, 15) is 0 Å². The Morgan fingerprint density at radius 1 is 1.33 bits per heavy atom. The van der Waals surface area contributed by atoms with Crippen LogP contribution in [0, 0.1) is 23.2 Å². The van der Waals surface area contributed by atoms with Crippen molar-refractivity contribution in [3.05, 3.63) is 52.2 Å². The molecule has 0 N–H and O–H groups in total. The molecule has 1 aromatic heterocycles. The van der Waals surface area contributed by atoms with E-state index in [2.05, 4.69) is 27.8 Å². The summed E-state index contributed by atoms with van der Waals surface area (Å²) in [5.74, 6) is 1.74. The molecule has 5 heteroatoms. The van der Waals surface area contributed by atoms with Crippen LogP contribution in [0.25, 0.3) is 0 Å². The van der Waals surface area contributed by atoms with Crippen molar-refractivity contribution in [1.82, 2.24) is 4.90 Å². The highest BCUT2D eigenvalue weighted by atomic mass is 32.1. The third-order valence-corrected chi connectivity index (χ3v) is 5.66. The summed E-state index contributed by atoms with van der Waals surface area (Å²) < 4.78 is 11.9. The van der Waals surface area contributed by atoms with Crippen LogP contribution in [0.1, 0.15) is 11.1 Å². The molecule has 0 spiro atoms. The number of ether oxygens (including phenoxy) is 2. The minimum atomic E-state index is 0.336. The van der Waals surface area contributed by atoms with Crippen molar-refractivity contribution in [2.24, 2.45) is 11.8 Å². The summed E-state index contributed by atoms with van der Waals surface area (Å²) in [4.78, 5) is 2.49. The van der Waals surface area contributed by atoms with E-state index in [0.29, 0.717) is 30.1 Å². The van der Waals surface area contributed by atoms with Gasteiger partial charge in [0.1, 0.15) is 5.75 Å². The molecule has 1 aromatic carbocycles. The molecule has 2 saturated heterocycles. The Bertz CT molecular complexity index is 725. The second-order valence-electron chi connectivity index (χ2n) is 6.57. The van der Waals surface area contributed by atoms with E-state index in [4.69, 9.17) is 14.7 Å². The van der Waals surface area contributed by atoms with Gasteiger partial charge >= 0.3 is 0 Å². The van der Waals surface area contributed by atoms with Crippen LogP contribution in [-0.2, 0) is 11.3 Å². The summed E-state index contributed by atoms with van der Waals surface area (Å²) in [7, 11) is 0. The number of rotatable bonds is 5. The number of benzene rings is 1. The molecule has 0 radical (unpaired) electrons. The van der Waals surface area contributed by atoms with Gasteiger partial charge in [0.05, 0.1) is 31.0 Å². The summed E-state index contributed by atoms with van der Waals surface area (Å²) in [6, 6.07) is 11.7. The second-order valence-corrected chi connectivity index (χ2v) is 7.35. The van der Waals surface area contributed by atoms with E-state index in [-0.39, 0.29) is 0 Å². The minimum Gasteiger partial charge on any atom is -0.493 e. The standard InChI is InChI=1S/C19H20N2O2S/c20-7-14-2-1-3-17(6-14)22-11-16-12-23-19-10-21(9-18(16)19)8-15-4-5-24-13-15/h1-6,13,16,18-19H,8-12H2/t16-,18-,19-/m1/s1. The van der Waals surface area contributed by atoms with Gasteiger partial charge in [-0.25, -0.2) is 0 Å². The highest BCUT2D eigenvalue weighted by Crippen LogP contribution is 2.34. The monoisotopic (exact) mass is 340 g/mol. The van der Waals surface area contributed by atoms with Gasteiger partial charge in [0.2, 0.25) is 0 Å². The Morgan fingerprint density at radius 2 is 2.29 bits per heavy atom. The van der Waals surface area contributed by atoms with Gasteiger partial charge in [0.25, 0.3) is 0 Å². The van der Waals surface area contributed by atoms with E-state index in [1.807, 2.05) is 12.1 Å². The summed E-state index contributed by atoms with van der Waals surface area (Å²) in [6.45, 7) is 4.53. The largest absolute Gasteiger partial charge is 0.493 e. The van der Waals surface area contributed by atoms with Crippen molar-refractivity contribution in [1.29, 1.82) is 5.26 Å². The molecule has 2 aliphatic heterocycles. The van der Waals surface area contributed by atoms with E-state index in [0.717, 1.165) is 32.0 Å². The van der Waals surface area contributed by atoms with Crippen LogP contribution < -0.4 is 4.74 Å². The van der Waals surface area contributed by atoms with Gasteiger partial charge in [0, 0.05) is 31.5 Å². The molecular weight excluding hydrogens is 320 g/mol. The van der Waals surface area contributed by atoms with E-state index >= 15 is 0 Å². The first-order valence-corrected chi connectivity index (χ1v) is 9.24. The zero-order valence-corrected chi connectivity index (χ0v) is 14.2. The van der Waals surface area contributed by atoms with Crippen LogP contribution in [0.5, 0.6) is 5.75 Å². The van der Waals surface area contributed by atoms with Gasteiger partial charge < -0.3 is 9.47 Å². The van der Waals surface area contributed by atoms with Crippen molar-refractivity contribution in [3.63, 3.8) is 0 Å². The molecule has 0 unspecified atom stereocenters. The third-order valence-electron chi connectivity index (χ3n) is 4.93. The number of hydrogen-bond acceptors (Lipinski definition) is 5. The molecule has 24 heavy (non-hydrogen) atoms. The van der Waals surface area contributed by atoms with Gasteiger partial charge in [-0.05, 0) is 40.6 Å². The van der Waals surface area contributed by atoms with Gasteiger partial charge in [-0.3, -0.25) is 4.90 Å². The van der Waals surface area contributed by atoms with Crippen molar-refractivity contribution < 1.29 is 9.47 Å². The SMILES string of the molecule is N#Cc1cccc(OC[C@@H]2CO[C@@H]3CN(Cc4ccsc4)C[C@H]23)c1. The zero-order chi connectivity index (χ0) is 16.4. The number of nitriles is 1. The molecule has 2 aliphatic rings. The highest BCUT2D eigenvalue weighted by molar-refractivity contribution is 7.07. The summed E-state index contributed by atoms with van der Waals surface area (Å²) in [5.41, 5.74) is 2.02. The van der Waals surface area contributed by atoms with Crippen molar-refractivity contribution >= 4 is 11.3 Å². The Morgan fingerprint density at radius 3 is 3.12 bits per heavy atom. The topological polar surface area (TPSA) is 45.5 Å². The number of nitrogens with zero attached hydrogens (tertiary/aromatic N) is 2. The number of thiophene rings is 1. The molecule has 4 rings (SSSR count). The van der Waals surface area contributed by atoms with E-state index in [1.54, 1.807) is 23.5 Å². The average molecular weight is 340 g/mol. The van der Waals surface area contributed by atoms with Gasteiger partial charge in [0.15, 0.2) is 0 Å². The van der Waals surface area contributed by atoms with Crippen LogP contribution in [0.3, 0.4) is 0 Å². The third kappa shape index (κ3) is 3.32. The first-order chi connectivity index (χ1) is 11.8. The predicted molar refractivity (Wildman–Crippen MR) is 93.0 cm³/mol. The number of hydrogen-bond donors (Lipinski definition) is 0. The maximum Gasteiger partial charge on any atom is 0.120 e. The molecular formula is C19H20N2O2S. The Balaban J connectivity index is 1.33. The van der Waals surface area contributed by atoms with Gasteiger partial charge in [-0.2, -0.15) is 16.6 Å². The number of likely N-dealkylation sites (tertiary alicyclic amines) is 1. The fraction of sp³-hybridized carbons (Fsp3) is 0.421. The molecule has 0 aliphatic carbocycles. The van der Waals surface area contributed by atoms with Crippen molar-refractivity contribution in [3.8, 4) is 11.8 Å². The van der Waals surface area contributed by atoms with Gasteiger partial charge in [-0.1, -0.05) is 6.07 Å². The molecule has 0 amide bonds. The summed E-state index contributed by atoms with van der Waals surface area (Å²) >= 11 is 1.75. The average Bonchev–Trinajstić information content (AvgIpc) is 3.32. The lowest BCUT2D eigenvalue weighted by molar-refractivity contribution is 0.0898. The van der Waals surface area contributed by atoms with Crippen molar-refractivity contribution in [2.45, 2.75) is 12.6 Å². The number of fused-ring (bicyclic) bond motifs is 1. The molecule has 3 atom stereocenters. The first kappa shape index (κ1) is 15.6. The minimum absolute atomic E-state index is 0.336. The maximum atomic E-state index is 8.97. The predicted octanol–water partition coefficient (Wildman–Crippen LogP) is 3.15. The Kier molecular flexibility index (Phi) is 4.52. The fourth-order valence-corrected chi connectivity index (χ4v) is 4.34. The smallest absolute Gasteiger partial charge is 0.120 e. The van der Waals surface area contributed by atoms with Crippen LogP contribution >= 0.6 is 11.3 Å². The van der Waals surface area contributed by atoms with Crippen molar-refractivity contribution in [2.75, 3.05) is 26.3 Å². The molecule has 4 nitrogen and oxygen atoms in total. The maximum absolute atomic E-state index is 8.97. The van der Waals surface area contributed by atoms with Crippen LogP contribution in [-0.4, -0.2) is 37.3 Å². The lowest BCUT2D eigenvalue weighted by Gasteiger charge is -2.19. The summed E-state index contributed by atoms with van der Waals surface area (Å²) in [5, 5.41) is 13.3. The van der Waals surface area contributed by atoms with Crippen LogP contribution in [0.15, 0.2) is 41.1 Å². The summed E-state index contributed by atoms with van der Waals surface area (Å²) in [6.07, 6.45) is 0.336. The van der Waals surface area contributed by atoms with E-state index < -0.39 is 0 Å². The molecule has 3 heterocycles. The first-order valence-electron chi connectivity index (χ1n) is 8.30. The van der Waals surface area contributed by atoms with Gasteiger partial charge in [-0.15, -0.1) is 0 Å². The van der Waals surface area contributed by atoms with Crippen LogP contribution in [0.2, 0.25) is 0 Å². The second kappa shape index (κ2) is 6.94. The molecule has 0 saturated carbocycles. The Labute approximate surface area is 146 Å². The fourth-order valence-electron chi connectivity index (χ4n) is 3.68. The Hall–Kier alpha value is -1.87. The van der Waals surface area contributed by atoms with Crippen LogP contribution in [0.4, 0.5) is 0 Å².